The summed E-state index contributed by atoms with van der Waals surface area (Å²) in [6, 6.07) is 8.27. The van der Waals surface area contributed by atoms with Gasteiger partial charge in [0.1, 0.15) is 5.71 Å². The number of rotatable bonds is 5. The van der Waals surface area contributed by atoms with Gasteiger partial charge in [0.2, 0.25) is 0 Å². The Bertz CT molecular complexity index is 648. The molecule has 5 heteroatoms. The molecule has 3 rings (SSSR count). The molecule has 1 heterocycles. The molecule has 3 N–H and O–H groups in total. The maximum Gasteiger partial charge on any atom is 0.272 e. The molecular weight excluding hydrogens is 288 g/mol. The molecule has 1 atom stereocenters. The zero-order valence-electron chi connectivity index (χ0n) is 13.7. The summed E-state index contributed by atoms with van der Waals surface area (Å²) in [5, 5.41) is 8.20. The van der Waals surface area contributed by atoms with E-state index in [1.165, 1.54) is 11.1 Å². The minimum Gasteiger partial charge on any atom is -0.330 e. The largest absolute Gasteiger partial charge is 0.330 e. The van der Waals surface area contributed by atoms with Crippen LogP contribution >= 0.6 is 0 Å². The van der Waals surface area contributed by atoms with Gasteiger partial charge in [-0.2, -0.15) is 0 Å². The second-order valence-electron chi connectivity index (χ2n) is 6.29. The van der Waals surface area contributed by atoms with Crippen molar-refractivity contribution < 1.29 is 4.79 Å². The van der Waals surface area contributed by atoms with Crippen molar-refractivity contribution in [3.63, 3.8) is 0 Å². The first-order chi connectivity index (χ1) is 11.1. The van der Waals surface area contributed by atoms with Gasteiger partial charge < -0.3 is 10.3 Å². The number of hydrogen-bond donors (Lipinski definition) is 3. The molecule has 1 aliphatic carbocycles. The highest BCUT2D eigenvalue weighted by Crippen LogP contribution is 2.35. The van der Waals surface area contributed by atoms with Crippen molar-refractivity contribution >= 4 is 11.6 Å². The summed E-state index contributed by atoms with van der Waals surface area (Å²) in [5.41, 5.74) is 9.45. The van der Waals surface area contributed by atoms with E-state index >= 15 is 0 Å². The third kappa shape index (κ3) is 3.29. The Kier molecular flexibility index (Phi) is 4.48. The summed E-state index contributed by atoms with van der Waals surface area (Å²) in [4.78, 5) is 14.5. The van der Waals surface area contributed by atoms with E-state index in [0.717, 1.165) is 25.0 Å². The van der Waals surface area contributed by atoms with Gasteiger partial charge in [-0.05, 0) is 43.4 Å². The molecule has 0 unspecified atom stereocenters. The van der Waals surface area contributed by atoms with Crippen molar-refractivity contribution in [2.45, 2.75) is 32.2 Å². The fraction of sp³-hybridized carbons (Fsp3) is 0.444. The number of carbonyl (C=O) groups excluding carboxylic acids is 1. The molecule has 122 valence electrons. The predicted molar refractivity (Wildman–Crippen MR) is 91.0 cm³/mol. The molecule has 1 fully saturated rings. The van der Waals surface area contributed by atoms with Gasteiger partial charge in [0, 0.05) is 25.2 Å². The Morgan fingerprint density at radius 2 is 2.09 bits per heavy atom. The van der Waals surface area contributed by atoms with Crippen molar-refractivity contribution in [3.8, 4) is 0 Å². The van der Waals surface area contributed by atoms with Gasteiger partial charge >= 0.3 is 0 Å². The van der Waals surface area contributed by atoms with Crippen molar-refractivity contribution in [2.24, 2.45) is 5.92 Å². The summed E-state index contributed by atoms with van der Waals surface area (Å²) < 4.78 is 0. The lowest BCUT2D eigenvalue weighted by atomic mass is 9.93. The molecular formula is C18H24N4O. The molecule has 0 aromatic heterocycles. The molecule has 2 aliphatic rings. The van der Waals surface area contributed by atoms with Gasteiger partial charge in [-0.15, -0.1) is 0 Å². The summed E-state index contributed by atoms with van der Waals surface area (Å²) in [6.45, 7) is 2.71. The molecule has 0 bridgehead atoms. The van der Waals surface area contributed by atoms with Gasteiger partial charge in [-0.3, -0.25) is 10.2 Å². The van der Waals surface area contributed by atoms with Crippen LogP contribution in [0.2, 0.25) is 0 Å². The monoisotopic (exact) mass is 312 g/mol. The van der Waals surface area contributed by atoms with Crippen LogP contribution in [0.15, 0.2) is 36.0 Å². The highest BCUT2D eigenvalue weighted by molar-refractivity contribution is 6.42. The first-order valence-corrected chi connectivity index (χ1v) is 8.23. The third-order valence-corrected chi connectivity index (χ3v) is 4.67. The standard InChI is InChI=1S/C18H24N4O/c1-12-15-6-4-3-5-13(15)9-10-22(12)18(23)16(19)11-17(21-20-2)14-7-8-14/h3-6,11-12,14,19-21H,7-10H2,1-2H3/b17-11-,19-16?/t12-/m1/s1. The fourth-order valence-corrected chi connectivity index (χ4v) is 3.22. The minimum atomic E-state index is -0.192. The maximum absolute atomic E-state index is 12.7. The second kappa shape index (κ2) is 6.54. The van der Waals surface area contributed by atoms with Crippen LogP contribution < -0.4 is 10.9 Å². The van der Waals surface area contributed by atoms with Crippen LogP contribution in [0, 0.1) is 11.3 Å². The quantitative estimate of drug-likeness (QED) is 0.576. The Morgan fingerprint density at radius 1 is 1.35 bits per heavy atom. The molecule has 1 aliphatic heterocycles. The molecule has 0 spiro atoms. The highest BCUT2D eigenvalue weighted by Gasteiger charge is 2.30. The average molecular weight is 312 g/mol. The number of hydrazine groups is 1. The van der Waals surface area contributed by atoms with Crippen molar-refractivity contribution in [3.05, 3.63) is 47.2 Å². The zero-order valence-corrected chi connectivity index (χ0v) is 13.7. The summed E-state index contributed by atoms with van der Waals surface area (Å²) in [6.07, 6.45) is 4.78. The SMILES string of the molecule is CNN/C(=C\C(=N)C(=O)N1CCc2ccccc2[C@H]1C)C1CC1. The van der Waals surface area contributed by atoms with Gasteiger partial charge in [-0.25, -0.2) is 5.43 Å². The number of allylic oxidation sites excluding steroid dienone is 1. The molecule has 1 saturated carbocycles. The van der Waals surface area contributed by atoms with Crippen molar-refractivity contribution in [2.75, 3.05) is 13.6 Å². The Balaban J connectivity index is 1.75. The Labute approximate surface area is 137 Å². The van der Waals surface area contributed by atoms with E-state index in [1.807, 2.05) is 24.0 Å². The number of benzene rings is 1. The molecule has 23 heavy (non-hydrogen) atoms. The van der Waals surface area contributed by atoms with Crippen LogP contribution in [0.3, 0.4) is 0 Å². The van der Waals surface area contributed by atoms with Gasteiger partial charge in [0.15, 0.2) is 0 Å². The van der Waals surface area contributed by atoms with E-state index in [1.54, 1.807) is 13.1 Å². The summed E-state index contributed by atoms with van der Waals surface area (Å²) in [7, 11) is 1.80. The van der Waals surface area contributed by atoms with E-state index in [2.05, 4.69) is 23.0 Å². The lowest BCUT2D eigenvalue weighted by Gasteiger charge is -2.35. The van der Waals surface area contributed by atoms with Crippen LogP contribution in [-0.2, 0) is 11.2 Å². The van der Waals surface area contributed by atoms with Crippen LogP contribution in [0.5, 0.6) is 0 Å². The lowest BCUT2D eigenvalue weighted by molar-refractivity contribution is -0.126. The number of carbonyl (C=O) groups is 1. The molecule has 1 aromatic rings. The van der Waals surface area contributed by atoms with E-state index in [0.29, 0.717) is 12.5 Å². The van der Waals surface area contributed by atoms with E-state index in [-0.39, 0.29) is 17.7 Å². The first-order valence-electron chi connectivity index (χ1n) is 8.23. The second-order valence-corrected chi connectivity index (χ2v) is 6.29. The average Bonchev–Trinajstić information content (AvgIpc) is 3.39. The molecule has 0 radical (unpaired) electrons. The third-order valence-electron chi connectivity index (χ3n) is 4.67. The first kappa shape index (κ1) is 15.7. The van der Waals surface area contributed by atoms with E-state index in [4.69, 9.17) is 5.41 Å². The minimum absolute atomic E-state index is 0.0165. The Hall–Kier alpha value is -2.14. The summed E-state index contributed by atoms with van der Waals surface area (Å²) in [5.74, 6) is 0.262. The van der Waals surface area contributed by atoms with Crippen LogP contribution in [0.1, 0.15) is 36.9 Å². The lowest BCUT2D eigenvalue weighted by Crippen LogP contribution is -2.42. The summed E-state index contributed by atoms with van der Waals surface area (Å²) >= 11 is 0. The number of hydrogen-bond acceptors (Lipinski definition) is 4. The van der Waals surface area contributed by atoms with Gasteiger partial charge in [0.05, 0.1) is 6.04 Å². The molecule has 1 aromatic carbocycles. The topological polar surface area (TPSA) is 68.2 Å². The van der Waals surface area contributed by atoms with E-state index in [9.17, 15) is 4.79 Å². The smallest absolute Gasteiger partial charge is 0.272 e. The number of nitrogens with zero attached hydrogens (tertiary/aromatic N) is 1. The molecule has 5 nitrogen and oxygen atoms in total. The van der Waals surface area contributed by atoms with Crippen molar-refractivity contribution in [1.29, 1.82) is 5.41 Å². The molecule has 1 amide bonds. The van der Waals surface area contributed by atoms with E-state index < -0.39 is 0 Å². The number of fused-ring (bicyclic) bond motifs is 1. The van der Waals surface area contributed by atoms with Crippen LogP contribution in [-0.4, -0.2) is 30.1 Å². The number of amides is 1. The highest BCUT2D eigenvalue weighted by atomic mass is 16.2. The zero-order chi connectivity index (χ0) is 16.4. The van der Waals surface area contributed by atoms with Gasteiger partial charge in [0.25, 0.3) is 5.91 Å². The predicted octanol–water partition coefficient (Wildman–Crippen LogP) is 2.17. The van der Waals surface area contributed by atoms with Crippen molar-refractivity contribution in [1.82, 2.24) is 15.8 Å². The van der Waals surface area contributed by atoms with Crippen LogP contribution in [0.25, 0.3) is 0 Å². The maximum atomic E-state index is 12.7. The fourth-order valence-electron chi connectivity index (χ4n) is 3.22. The normalized spacial score (nSPS) is 20.9. The van der Waals surface area contributed by atoms with Crippen LogP contribution in [0.4, 0.5) is 0 Å². The Morgan fingerprint density at radius 3 is 2.78 bits per heavy atom. The molecule has 0 saturated heterocycles. The van der Waals surface area contributed by atoms with Gasteiger partial charge in [-0.1, -0.05) is 24.3 Å². The number of nitrogens with one attached hydrogen (secondary N) is 3.